The molecule has 0 aromatic carbocycles. The molecule has 2 N–H and O–H groups in total. The SMILES string of the molecule is NCc1nnc(-c2ccncn2)o1. The van der Waals surface area contributed by atoms with Crippen molar-refractivity contribution in [3.05, 3.63) is 24.5 Å². The Morgan fingerprint density at radius 3 is 2.92 bits per heavy atom. The van der Waals surface area contributed by atoms with Crippen LogP contribution in [0.15, 0.2) is 23.0 Å². The summed E-state index contributed by atoms with van der Waals surface area (Å²) in [4.78, 5) is 7.72. The van der Waals surface area contributed by atoms with Gasteiger partial charge in [-0.1, -0.05) is 0 Å². The molecule has 66 valence electrons. The molecule has 0 saturated heterocycles. The molecule has 6 heteroatoms. The highest BCUT2D eigenvalue weighted by atomic mass is 16.4. The second-order valence-corrected chi connectivity index (χ2v) is 2.30. The van der Waals surface area contributed by atoms with Crippen LogP contribution in [0.4, 0.5) is 0 Å². The molecule has 0 atom stereocenters. The van der Waals surface area contributed by atoms with E-state index >= 15 is 0 Å². The molecule has 0 spiro atoms. The second kappa shape index (κ2) is 3.28. The number of nitrogens with two attached hydrogens (primary N) is 1. The minimum atomic E-state index is 0.234. The summed E-state index contributed by atoms with van der Waals surface area (Å²) >= 11 is 0. The normalized spacial score (nSPS) is 10.2. The average Bonchev–Trinajstić information content (AvgIpc) is 2.67. The lowest BCUT2D eigenvalue weighted by atomic mass is 10.4. The van der Waals surface area contributed by atoms with Crippen molar-refractivity contribution in [3.63, 3.8) is 0 Å². The van der Waals surface area contributed by atoms with Crippen molar-refractivity contribution in [3.8, 4) is 11.6 Å². The standard InChI is InChI=1S/C7H7N5O/c8-3-6-11-12-7(13-6)5-1-2-9-4-10-5/h1-2,4H,3,8H2. The Labute approximate surface area is 73.8 Å². The molecule has 2 aromatic heterocycles. The van der Waals surface area contributed by atoms with Gasteiger partial charge in [0.15, 0.2) is 0 Å². The van der Waals surface area contributed by atoms with Gasteiger partial charge >= 0.3 is 0 Å². The molecule has 0 unspecified atom stereocenters. The first kappa shape index (κ1) is 7.81. The van der Waals surface area contributed by atoms with E-state index in [1.54, 1.807) is 12.3 Å². The highest BCUT2D eigenvalue weighted by Crippen LogP contribution is 2.12. The van der Waals surface area contributed by atoms with Gasteiger partial charge in [0.05, 0.1) is 6.54 Å². The monoisotopic (exact) mass is 177 g/mol. The van der Waals surface area contributed by atoms with E-state index in [0.717, 1.165) is 0 Å². The van der Waals surface area contributed by atoms with Crippen LogP contribution in [0.3, 0.4) is 0 Å². The van der Waals surface area contributed by atoms with Gasteiger partial charge in [0.25, 0.3) is 5.89 Å². The maximum absolute atomic E-state index is 5.31. The van der Waals surface area contributed by atoms with Crippen LogP contribution in [0.1, 0.15) is 5.89 Å². The lowest BCUT2D eigenvalue weighted by Gasteiger charge is -1.89. The van der Waals surface area contributed by atoms with Gasteiger partial charge in [-0.25, -0.2) is 9.97 Å². The van der Waals surface area contributed by atoms with Gasteiger partial charge in [-0.2, -0.15) is 0 Å². The third-order valence-electron chi connectivity index (χ3n) is 1.44. The molecule has 0 bridgehead atoms. The third kappa shape index (κ3) is 1.52. The first-order valence-corrected chi connectivity index (χ1v) is 3.69. The second-order valence-electron chi connectivity index (χ2n) is 2.30. The molecular formula is C7H7N5O. The number of rotatable bonds is 2. The summed E-state index contributed by atoms with van der Waals surface area (Å²) < 4.78 is 5.18. The number of hydrogen-bond acceptors (Lipinski definition) is 6. The van der Waals surface area contributed by atoms with E-state index in [4.69, 9.17) is 10.2 Å². The molecule has 2 aromatic rings. The summed E-state index contributed by atoms with van der Waals surface area (Å²) in [5.74, 6) is 0.761. The van der Waals surface area contributed by atoms with Gasteiger partial charge < -0.3 is 10.2 Å². The van der Waals surface area contributed by atoms with Gasteiger partial charge in [-0.15, -0.1) is 10.2 Å². The van der Waals surface area contributed by atoms with Gasteiger partial charge in [-0.3, -0.25) is 0 Å². The van der Waals surface area contributed by atoms with Crippen molar-refractivity contribution in [1.29, 1.82) is 0 Å². The summed E-state index contributed by atoms with van der Waals surface area (Å²) in [7, 11) is 0. The van der Waals surface area contributed by atoms with Crippen LogP contribution in [0.25, 0.3) is 11.6 Å². The summed E-state index contributed by atoms with van der Waals surface area (Å²) in [6, 6.07) is 1.69. The molecule has 0 amide bonds. The molecule has 0 radical (unpaired) electrons. The van der Waals surface area contributed by atoms with Crippen molar-refractivity contribution in [2.75, 3.05) is 0 Å². The van der Waals surface area contributed by atoms with Crippen LogP contribution in [-0.2, 0) is 6.54 Å². The largest absolute Gasteiger partial charge is 0.418 e. The Bertz CT molecular complexity index is 385. The van der Waals surface area contributed by atoms with Crippen molar-refractivity contribution in [2.45, 2.75) is 6.54 Å². The van der Waals surface area contributed by atoms with E-state index in [1.165, 1.54) is 6.33 Å². The summed E-state index contributed by atoms with van der Waals surface area (Å²) in [5.41, 5.74) is 5.91. The number of hydrogen-bond donors (Lipinski definition) is 1. The summed E-state index contributed by atoms with van der Waals surface area (Å²) in [6.07, 6.45) is 3.02. The first-order chi connectivity index (χ1) is 6.40. The van der Waals surface area contributed by atoms with E-state index in [2.05, 4.69) is 20.2 Å². The zero-order valence-electron chi connectivity index (χ0n) is 6.71. The molecule has 6 nitrogen and oxygen atoms in total. The minimum Gasteiger partial charge on any atom is -0.418 e. The van der Waals surface area contributed by atoms with Gasteiger partial charge in [0.2, 0.25) is 5.89 Å². The van der Waals surface area contributed by atoms with Crippen LogP contribution in [0.5, 0.6) is 0 Å². The van der Waals surface area contributed by atoms with Crippen LogP contribution in [-0.4, -0.2) is 20.2 Å². The number of aromatic nitrogens is 4. The molecule has 0 aliphatic rings. The Morgan fingerprint density at radius 2 is 2.31 bits per heavy atom. The van der Waals surface area contributed by atoms with Gasteiger partial charge in [0.1, 0.15) is 12.0 Å². The Hall–Kier alpha value is -1.82. The summed E-state index contributed by atoms with van der Waals surface area (Å²) in [5, 5.41) is 7.48. The van der Waals surface area contributed by atoms with Crippen molar-refractivity contribution >= 4 is 0 Å². The van der Waals surface area contributed by atoms with E-state index in [0.29, 0.717) is 17.5 Å². The molecule has 0 aliphatic carbocycles. The van der Waals surface area contributed by atoms with Crippen molar-refractivity contribution < 1.29 is 4.42 Å². The Balaban J connectivity index is 2.36. The quantitative estimate of drug-likeness (QED) is 0.693. The van der Waals surface area contributed by atoms with Crippen LogP contribution in [0.2, 0.25) is 0 Å². The van der Waals surface area contributed by atoms with E-state index in [-0.39, 0.29) is 6.54 Å². The van der Waals surface area contributed by atoms with Gasteiger partial charge in [-0.05, 0) is 6.07 Å². The van der Waals surface area contributed by atoms with Gasteiger partial charge in [0, 0.05) is 6.20 Å². The lowest BCUT2D eigenvalue weighted by molar-refractivity contribution is 0.507. The molecule has 13 heavy (non-hydrogen) atoms. The van der Waals surface area contributed by atoms with Crippen LogP contribution >= 0.6 is 0 Å². The zero-order chi connectivity index (χ0) is 9.10. The number of nitrogens with zero attached hydrogens (tertiary/aromatic N) is 4. The fraction of sp³-hybridized carbons (Fsp3) is 0.143. The molecule has 0 fully saturated rings. The zero-order valence-corrected chi connectivity index (χ0v) is 6.71. The smallest absolute Gasteiger partial charge is 0.266 e. The molecular weight excluding hydrogens is 170 g/mol. The highest BCUT2D eigenvalue weighted by molar-refractivity contribution is 5.43. The minimum absolute atomic E-state index is 0.234. The molecule has 2 heterocycles. The highest BCUT2D eigenvalue weighted by Gasteiger charge is 2.07. The molecule has 2 rings (SSSR count). The van der Waals surface area contributed by atoms with Crippen molar-refractivity contribution in [1.82, 2.24) is 20.2 Å². The third-order valence-corrected chi connectivity index (χ3v) is 1.44. The first-order valence-electron chi connectivity index (χ1n) is 3.69. The fourth-order valence-electron chi connectivity index (χ4n) is 0.857. The van der Waals surface area contributed by atoms with E-state index in [9.17, 15) is 0 Å². The summed E-state index contributed by atoms with van der Waals surface area (Å²) in [6.45, 7) is 0.234. The maximum atomic E-state index is 5.31. The van der Waals surface area contributed by atoms with E-state index in [1.807, 2.05) is 0 Å². The Morgan fingerprint density at radius 1 is 1.38 bits per heavy atom. The van der Waals surface area contributed by atoms with Crippen molar-refractivity contribution in [2.24, 2.45) is 5.73 Å². The molecule has 0 aliphatic heterocycles. The average molecular weight is 177 g/mol. The fourth-order valence-corrected chi connectivity index (χ4v) is 0.857. The molecule has 0 saturated carbocycles. The predicted molar refractivity (Wildman–Crippen MR) is 43.2 cm³/mol. The van der Waals surface area contributed by atoms with Crippen LogP contribution < -0.4 is 5.73 Å². The van der Waals surface area contributed by atoms with E-state index < -0.39 is 0 Å². The lowest BCUT2D eigenvalue weighted by Crippen LogP contribution is -1.95. The topological polar surface area (TPSA) is 90.7 Å². The Kier molecular flexibility index (Phi) is 1.97. The predicted octanol–water partition coefficient (Wildman–Crippen LogP) is -0.0147. The maximum Gasteiger partial charge on any atom is 0.266 e. The van der Waals surface area contributed by atoms with Crippen LogP contribution in [0, 0.1) is 0 Å².